The Bertz CT molecular complexity index is 1110. The Morgan fingerprint density at radius 2 is 1.09 bits per heavy atom. The summed E-state index contributed by atoms with van der Waals surface area (Å²) >= 11 is 0. The first kappa shape index (κ1) is 23.2. The van der Waals surface area contributed by atoms with Gasteiger partial charge in [-0.1, -0.05) is 24.3 Å². The maximum atomic E-state index is 13.5. The number of pyridine rings is 1. The van der Waals surface area contributed by atoms with Gasteiger partial charge in [0.1, 0.15) is 11.5 Å². The number of benzene rings is 2. The van der Waals surface area contributed by atoms with E-state index in [1.807, 2.05) is 0 Å². The van der Waals surface area contributed by atoms with Crippen LogP contribution >= 0.6 is 0 Å². The predicted molar refractivity (Wildman–Crippen MR) is 93.5 cm³/mol. The maximum Gasteiger partial charge on any atom is 0.573 e. The fourth-order valence-corrected chi connectivity index (χ4v) is 2.80. The highest BCUT2D eigenvalue weighted by Crippen LogP contribution is 2.39. The van der Waals surface area contributed by atoms with Crippen molar-refractivity contribution < 1.29 is 49.0 Å². The van der Waals surface area contributed by atoms with Crippen molar-refractivity contribution in [3.8, 4) is 33.8 Å². The summed E-state index contributed by atoms with van der Waals surface area (Å²) in [4.78, 5) is 3.36. The summed E-state index contributed by atoms with van der Waals surface area (Å²) in [6, 6.07) is 9.19. The molecule has 0 atom stereocenters. The van der Waals surface area contributed by atoms with Gasteiger partial charge in [-0.2, -0.15) is 13.2 Å². The van der Waals surface area contributed by atoms with E-state index in [-0.39, 0.29) is 16.7 Å². The summed E-state index contributed by atoms with van der Waals surface area (Å²) < 4.78 is 123. The number of alkyl halides is 9. The smallest absolute Gasteiger partial charge is 0.406 e. The Hall–Kier alpha value is -3.44. The largest absolute Gasteiger partial charge is 0.573 e. The molecule has 0 aliphatic heterocycles. The SMILES string of the molecule is FC(F)(F)Oc1cccc(-c2cnc(C(F)(F)F)c(-c3cccc(OC(F)(F)F)c3)c2)c1. The third kappa shape index (κ3) is 6.05. The van der Waals surface area contributed by atoms with Gasteiger partial charge < -0.3 is 9.47 Å². The molecule has 0 spiro atoms. The highest BCUT2D eigenvalue weighted by Gasteiger charge is 2.36. The molecule has 0 aliphatic rings. The van der Waals surface area contributed by atoms with E-state index in [2.05, 4.69) is 14.5 Å². The number of rotatable bonds is 4. The van der Waals surface area contributed by atoms with Crippen LogP contribution in [0.1, 0.15) is 5.69 Å². The Kier molecular flexibility index (Phi) is 5.98. The monoisotopic (exact) mass is 467 g/mol. The van der Waals surface area contributed by atoms with Crippen LogP contribution in [0.3, 0.4) is 0 Å². The number of nitrogens with zero attached hydrogens (tertiary/aromatic N) is 1. The first-order chi connectivity index (χ1) is 14.7. The standard InChI is InChI=1S/C20H10F9NO2/c21-18(22,23)17-16(12-4-2-6-15(8-12)32-20(27,28)29)9-13(10-30-17)11-3-1-5-14(7-11)31-19(24,25)26/h1-10H. The molecule has 12 heteroatoms. The molecule has 3 nitrogen and oxygen atoms in total. The molecule has 170 valence electrons. The van der Waals surface area contributed by atoms with Gasteiger partial charge in [-0.25, -0.2) is 0 Å². The lowest BCUT2D eigenvalue weighted by molar-refractivity contribution is -0.275. The third-order valence-electron chi connectivity index (χ3n) is 3.94. The van der Waals surface area contributed by atoms with Gasteiger partial charge in [0.15, 0.2) is 5.69 Å². The van der Waals surface area contributed by atoms with Crippen LogP contribution in [-0.2, 0) is 6.18 Å². The van der Waals surface area contributed by atoms with Crippen molar-refractivity contribution in [2.75, 3.05) is 0 Å². The number of hydrogen-bond acceptors (Lipinski definition) is 3. The van der Waals surface area contributed by atoms with Crippen molar-refractivity contribution in [1.29, 1.82) is 0 Å². The summed E-state index contributed by atoms with van der Waals surface area (Å²) in [5, 5.41) is 0. The van der Waals surface area contributed by atoms with Gasteiger partial charge >= 0.3 is 18.9 Å². The number of halogens is 9. The lowest BCUT2D eigenvalue weighted by atomic mass is 9.98. The van der Waals surface area contributed by atoms with Crippen LogP contribution in [0.2, 0.25) is 0 Å². The minimum atomic E-state index is -5.06. The van der Waals surface area contributed by atoms with E-state index in [1.54, 1.807) is 0 Å². The maximum absolute atomic E-state index is 13.5. The Morgan fingerprint density at radius 1 is 0.594 bits per heavy atom. The van der Waals surface area contributed by atoms with Gasteiger partial charge in [0.25, 0.3) is 0 Å². The Morgan fingerprint density at radius 3 is 1.59 bits per heavy atom. The van der Waals surface area contributed by atoms with E-state index in [9.17, 15) is 39.5 Å². The van der Waals surface area contributed by atoms with E-state index in [0.717, 1.165) is 48.7 Å². The molecule has 0 fully saturated rings. The number of ether oxygens (including phenoxy) is 2. The second kappa shape index (κ2) is 8.24. The van der Waals surface area contributed by atoms with E-state index >= 15 is 0 Å². The van der Waals surface area contributed by atoms with Crippen LogP contribution < -0.4 is 9.47 Å². The van der Waals surface area contributed by atoms with Crippen LogP contribution in [0.4, 0.5) is 39.5 Å². The van der Waals surface area contributed by atoms with Crippen molar-refractivity contribution >= 4 is 0 Å². The van der Waals surface area contributed by atoms with Gasteiger partial charge in [-0.05, 0) is 41.5 Å². The summed E-state index contributed by atoms with van der Waals surface area (Å²) in [5.41, 5.74) is -2.27. The van der Waals surface area contributed by atoms with E-state index in [0.29, 0.717) is 0 Å². The van der Waals surface area contributed by atoms with Crippen LogP contribution in [-0.4, -0.2) is 17.7 Å². The average Bonchev–Trinajstić information content (AvgIpc) is 2.64. The minimum Gasteiger partial charge on any atom is -0.406 e. The molecule has 32 heavy (non-hydrogen) atoms. The summed E-state index contributed by atoms with van der Waals surface area (Å²) in [6.45, 7) is 0. The zero-order valence-electron chi connectivity index (χ0n) is 15.4. The molecule has 2 aromatic carbocycles. The molecule has 0 N–H and O–H groups in total. The second-order valence-electron chi connectivity index (χ2n) is 6.27. The molecule has 3 rings (SSSR count). The summed E-state index contributed by atoms with van der Waals surface area (Å²) in [6.07, 6.45) is -14.2. The molecular weight excluding hydrogens is 457 g/mol. The number of hydrogen-bond donors (Lipinski definition) is 0. The normalized spacial score (nSPS) is 12.5. The lowest BCUT2D eigenvalue weighted by Crippen LogP contribution is -2.17. The lowest BCUT2D eigenvalue weighted by Gasteiger charge is -2.16. The van der Waals surface area contributed by atoms with E-state index in [1.165, 1.54) is 12.1 Å². The average molecular weight is 467 g/mol. The van der Waals surface area contributed by atoms with Crippen molar-refractivity contribution in [1.82, 2.24) is 4.98 Å². The van der Waals surface area contributed by atoms with E-state index in [4.69, 9.17) is 0 Å². The summed E-state index contributed by atoms with van der Waals surface area (Å²) in [5.74, 6) is -1.37. The van der Waals surface area contributed by atoms with Gasteiger partial charge in [-0.3, -0.25) is 4.98 Å². The molecule has 1 aromatic heterocycles. The van der Waals surface area contributed by atoms with Crippen molar-refractivity contribution in [2.24, 2.45) is 0 Å². The highest BCUT2D eigenvalue weighted by molar-refractivity contribution is 5.75. The Labute approximate surface area is 174 Å². The van der Waals surface area contributed by atoms with Crippen molar-refractivity contribution in [3.63, 3.8) is 0 Å². The molecule has 0 amide bonds. The Balaban J connectivity index is 2.10. The third-order valence-corrected chi connectivity index (χ3v) is 3.94. The topological polar surface area (TPSA) is 31.4 Å². The van der Waals surface area contributed by atoms with Crippen LogP contribution in [0.5, 0.6) is 11.5 Å². The van der Waals surface area contributed by atoms with Gasteiger partial charge in [0, 0.05) is 17.3 Å². The molecule has 0 unspecified atom stereocenters. The zero-order valence-corrected chi connectivity index (χ0v) is 15.4. The fraction of sp³-hybridized carbons (Fsp3) is 0.150. The van der Waals surface area contributed by atoms with Gasteiger partial charge in [-0.15, -0.1) is 26.3 Å². The van der Waals surface area contributed by atoms with Gasteiger partial charge in [0.05, 0.1) is 0 Å². The first-order valence-corrected chi connectivity index (χ1v) is 8.51. The quantitative estimate of drug-likeness (QED) is 0.380. The predicted octanol–water partition coefficient (Wildman–Crippen LogP) is 7.23. The van der Waals surface area contributed by atoms with Gasteiger partial charge in [0.2, 0.25) is 0 Å². The second-order valence-corrected chi connectivity index (χ2v) is 6.27. The fourth-order valence-electron chi connectivity index (χ4n) is 2.80. The molecule has 0 aliphatic carbocycles. The first-order valence-electron chi connectivity index (χ1n) is 8.51. The van der Waals surface area contributed by atoms with E-state index < -0.39 is 41.7 Å². The molecule has 3 aromatic rings. The molecule has 0 bridgehead atoms. The van der Waals surface area contributed by atoms with Crippen molar-refractivity contribution in [3.05, 3.63) is 66.5 Å². The summed E-state index contributed by atoms with van der Waals surface area (Å²) in [7, 11) is 0. The minimum absolute atomic E-state index is 0.0252. The molecular formula is C20H10F9NO2. The van der Waals surface area contributed by atoms with Crippen LogP contribution in [0, 0.1) is 0 Å². The number of aromatic nitrogens is 1. The molecule has 0 saturated heterocycles. The van der Waals surface area contributed by atoms with Crippen LogP contribution in [0.15, 0.2) is 60.8 Å². The molecule has 0 saturated carbocycles. The highest BCUT2D eigenvalue weighted by atomic mass is 19.4. The van der Waals surface area contributed by atoms with Crippen LogP contribution in [0.25, 0.3) is 22.3 Å². The molecule has 1 heterocycles. The molecule has 0 radical (unpaired) electrons. The zero-order chi connectivity index (χ0) is 23.7. The van der Waals surface area contributed by atoms with Crippen molar-refractivity contribution in [2.45, 2.75) is 18.9 Å².